The number of halogens is 1. The summed E-state index contributed by atoms with van der Waals surface area (Å²) in [5.41, 5.74) is 0.634. The Labute approximate surface area is 113 Å². The fourth-order valence-electron chi connectivity index (χ4n) is 1.49. The Morgan fingerprint density at radius 2 is 2.18 bits per heavy atom. The standard InChI is InChI=1S/C13H11IO3/c1-16-8-11-5-6-12(17-11)13(15)9-3-2-4-10(14)7-9/h2-7H,8H2,1H3. The molecule has 0 N–H and O–H groups in total. The van der Waals surface area contributed by atoms with Gasteiger partial charge in [-0.05, 0) is 46.9 Å². The molecule has 1 aromatic heterocycles. The van der Waals surface area contributed by atoms with Crippen molar-refractivity contribution >= 4 is 28.4 Å². The summed E-state index contributed by atoms with van der Waals surface area (Å²) in [7, 11) is 1.59. The largest absolute Gasteiger partial charge is 0.455 e. The minimum Gasteiger partial charge on any atom is -0.455 e. The molecular weight excluding hydrogens is 331 g/mol. The molecule has 3 nitrogen and oxygen atoms in total. The van der Waals surface area contributed by atoms with Crippen LogP contribution in [0.4, 0.5) is 0 Å². The van der Waals surface area contributed by atoms with Crippen molar-refractivity contribution in [3.63, 3.8) is 0 Å². The summed E-state index contributed by atoms with van der Waals surface area (Å²) in [6.07, 6.45) is 0. The molecular formula is C13H11IO3. The molecule has 2 rings (SSSR count). The molecule has 17 heavy (non-hydrogen) atoms. The topological polar surface area (TPSA) is 39.4 Å². The zero-order chi connectivity index (χ0) is 12.3. The van der Waals surface area contributed by atoms with E-state index in [1.165, 1.54) is 0 Å². The van der Waals surface area contributed by atoms with E-state index in [9.17, 15) is 4.79 Å². The predicted octanol–water partition coefficient (Wildman–Crippen LogP) is 3.26. The van der Waals surface area contributed by atoms with E-state index in [-0.39, 0.29) is 5.78 Å². The zero-order valence-corrected chi connectivity index (χ0v) is 11.4. The van der Waals surface area contributed by atoms with E-state index in [4.69, 9.17) is 9.15 Å². The Morgan fingerprint density at radius 3 is 2.88 bits per heavy atom. The van der Waals surface area contributed by atoms with Crippen LogP contribution in [0.2, 0.25) is 0 Å². The van der Waals surface area contributed by atoms with Crippen LogP contribution < -0.4 is 0 Å². The number of carbonyl (C=O) groups is 1. The number of hydrogen-bond donors (Lipinski definition) is 0. The summed E-state index contributed by atoms with van der Waals surface area (Å²) in [6.45, 7) is 0.375. The fraction of sp³-hybridized carbons (Fsp3) is 0.154. The van der Waals surface area contributed by atoms with Crippen molar-refractivity contribution in [2.45, 2.75) is 6.61 Å². The van der Waals surface area contributed by atoms with E-state index in [0.29, 0.717) is 23.7 Å². The summed E-state index contributed by atoms with van der Waals surface area (Å²) < 4.78 is 11.4. The molecule has 0 aliphatic rings. The van der Waals surface area contributed by atoms with Crippen molar-refractivity contribution in [2.75, 3.05) is 7.11 Å². The maximum absolute atomic E-state index is 12.1. The molecule has 0 amide bonds. The van der Waals surface area contributed by atoms with E-state index >= 15 is 0 Å². The first-order chi connectivity index (χ1) is 8.20. The lowest BCUT2D eigenvalue weighted by molar-refractivity contribution is 0.1000. The van der Waals surface area contributed by atoms with Gasteiger partial charge >= 0.3 is 0 Å². The van der Waals surface area contributed by atoms with Gasteiger partial charge in [0.2, 0.25) is 5.78 Å². The van der Waals surface area contributed by atoms with Crippen LogP contribution in [0.15, 0.2) is 40.8 Å². The number of ketones is 1. The Kier molecular flexibility index (Phi) is 3.96. The first kappa shape index (κ1) is 12.3. The van der Waals surface area contributed by atoms with Gasteiger partial charge in [0.15, 0.2) is 5.76 Å². The SMILES string of the molecule is COCc1ccc(C(=O)c2cccc(I)c2)o1. The Hall–Kier alpha value is -1.14. The zero-order valence-electron chi connectivity index (χ0n) is 9.27. The molecule has 0 unspecified atom stereocenters. The van der Waals surface area contributed by atoms with Crippen molar-refractivity contribution in [3.8, 4) is 0 Å². The van der Waals surface area contributed by atoms with Crippen molar-refractivity contribution < 1.29 is 13.9 Å². The molecule has 0 saturated heterocycles. The van der Waals surface area contributed by atoms with Gasteiger partial charge < -0.3 is 9.15 Å². The maximum atomic E-state index is 12.1. The number of benzene rings is 1. The minimum atomic E-state index is -0.106. The molecule has 0 saturated carbocycles. The second-order valence-corrected chi connectivity index (χ2v) is 4.78. The van der Waals surface area contributed by atoms with E-state index in [0.717, 1.165) is 3.57 Å². The van der Waals surface area contributed by atoms with Crippen LogP contribution in [-0.2, 0) is 11.3 Å². The molecule has 0 spiro atoms. The maximum Gasteiger partial charge on any atom is 0.228 e. The van der Waals surface area contributed by atoms with Gasteiger partial charge in [-0.3, -0.25) is 4.79 Å². The summed E-state index contributed by atoms with van der Waals surface area (Å²) in [5.74, 6) is 0.895. The van der Waals surface area contributed by atoms with Gasteiger partial charge in [0.1, 0.15) is 12.4 Å². The summed E-state index contributed by atoms with van der Waals surface area (Å²) in [4.78, 5) is 12.1. The van der Waals surface area contributed by atoms with Crippen LogP contribution >= 0.6 is 22.6 Å². The van der Waals surface area contributed by atoms with Gasteiger partial charge in [-0.1, -0.05) is 12.1 Å². The average molecular weight is 342 g/mol. The third kappa shape index (κ3) is 2.95. The van der Waals surface area contributed by atoms with Gasteiger partial charge in [0, 0.05) is 16.2 Å². The predicted molar refractivity (Wildman–Crippen MR) is 72.0 cm³/mol. The van der Waals surface area contributed by atoms with Crippen molar-refractivity contribution in [1.29, 1.82) is 0 Å². The van der Waals surface area contributed by atoms with Crippen LogP contribution in [0.3, 0.4) is 0 Å². The van der Waals surface area contributed by atoms with E-state index in [2.05, 4.69) is 22.6 Å². The molecule has 0 aliphatic heterocycles. The summed E-state index contributed by atoms with van der Waals surface area (Å²) >= 11 is 2.17. The second-order valence-electron chi connectivity index (χ2n) is 3.54. The smallest absolute Gasteiger partial charge is 0.228 e. The van der Waals surface area contributed by atoms with Crippen molar-refractivity contribution in [3.05, 3.63) is 57.1 Å². The van der Waals surface area contributed by atoms with E-state index in [1.54, 1.807) is 25.3 Å². The number of hydrogen-bond acceptors (Lipinski definition) is 3. The first-order valence-electron chi connectivity index (χ1n) is 5.08. The average Bonchev–Trinajstić information content (AvgIpc) is 2.77. The van der Waals surface area contributed by atoms with Crippen LogP contribution in [0, 0.1) is 3.57 Å². The van der Waals surface area contributed by atoms with Crippen molar-refractivity contribution in [1.82, 2.24) is 0 Å². The molecule has 0 atom stereocenters. The number of carbonyl (C=O) groups excluding carboxylic acids is 1. The molecule has 1 aromatic carbocycles. The highest BCUT2D eigenvalue weighted by Gasteiger charge is 2.13. The highest BCUT2D eigenvalue weighted by atomic mass is 127. The van der Waals surface area contributed by atoms with Gasteiger partial charge in [-0.15, -0.1) is 0 Å². The molecule has 0 bridgehead atoms. The summed E-state index contributed by atoms with van der Waals surface area (Å²) in [6, 6.07) is 10.8. The van der Waals surface area contributed by atoms with Crippen LogP contribution in [0.25, 0.3) is 0 Å². The molecule has 0 aliphatic carbocycles. The van der Waals surface area contributed by atoms with Crippen LogP contribution in [0.5, 0.6) is 0 Å². The third-order valence-electron chi connectivity index (χ3n) is 2.26. The highest BCUT2D eigenvalue weighted by Crippen LogP contribution is 2.16. The van der Waals surface area contributed by atoms with Gasteiger partial charge in [-0.25, -0.2) is 0 Å². The molecule has 2 aromatic rings. The lowest BCUT2D eigenvalue weighted by atomic mass is 10.1. The van der Waals surface area contributed by atoms with Crippen LogP contribution in [-0.4, -0.2) is 12.9 Å². The lowest BCUT2D eigenvalue weighted by Gasteiger charge is -1.98. The third-order valence-corrected chi connectivity index (χ3v) is 2.93. The number of rotatable bonds is 4. The molecule has 0 fully saturated rings. The van der Waals surface area contributed by atoms with Crippen molar-refractivity contribution in [2.24, 2.45) is 0 Å². The molecule has 0 radical (unpaired) electrons. The number of ether oxygens (including phenoxy) is 1. The highest BCUT2D eigenvalue weighted by molar-refractivity contribution is 14.1. The number of methoxy groups -OCH3 is 1. The molecule has 4 heteroatoms. The normalized spacial score (nSPS) is 10.5. The quantitative estimate of drug-likeness (QED) is 0.633. The fourth-order valence-corrected chi connectivity index (χ4v) is 2.03. The minimum absolute atomic E-state index is 0.106. The Balaban J connectivity index is 2.24. The van der Waals surface area contributed by atoms with Crippen LogP contribution in [0.1, 0.15) is 21.9 Å². The molecule has 88 valence electrons. The monoisotopic (exact) mass is 342 g/mol. The Morgan fingerprint density at radius 1 is 1.35 bits per heavy atom. The number of furan rings is 1. The first-order valence-corrected chi connectivity index (χ1v) is 6.16. The van der Waals surface area contributed by atoms with Gasteiger partial charge in [0.05, 0.1) is 0 Å². The second kappa shape index (κ2) is 5.46. The Bertz CT molecular complexity index is 531. The lowest BCUT2D eigenvalue weighted by Crippen LogP contribution is -1.99. The summed E-state index contributed by atoms with van der Waals surface area (Å²) in [5, 5.41) is 0. The van der Waals surface area contributed by atoms with E-state index in [1.807, 2.05) is 18.2 Å². The molecule has 1 heterocycles. The van der Waals surface area contributed by atoms with Gasteiger partial charge in [-0.2, -0.15) is 0 Å². The van der Waals surface area contributed by atoms with E-state index < -0.39 is 0 Å². The van der Waals surface area contributed by atoms with Gasteiger partial charge in [0.25, 0.3) is 0 Å².